The normalized spacial score (nSPS) is 19.8. The Bertz CT molecular complexity index is 635. The van der Waals surface area contributed by atoms with Crippen molar-refractivity contribution in [3.8, 4) is 0 Å². The summed E-state index contributed by atoms with van der Waals surface area (Å²) in [6.45, 7) is 13.7. The van der Waals surface area contributed by atoms with Gasteiger partial charge < -0.3 is 19.9 Å². The standard InChI is InChI=1S/C21H38N6OS/c1-4-18-24-20(29-25-18)27-14-12-26(13-15-27)19(22-5-2)23-17-21(9-7-8-10-21)11-16-28-6-3/h4-17H2,1-3H3,(H,22,23). The lowest BCUT2D eigenvalue weighted by Gasteiger charge is -2.37. The molecule has 1 saturated heterocycles. The van der Waals surface area contributed by atoms with Crippen LogP contribution < -0.4 is 10.2 Å². The lowest BCUT2D eigenvalue weighted by Crippen LogP contribution is -2.52. The van der Waals surface area contributed by atoms with E-state index >= 15 is 0 Å². The predicted octanol–water partition coefficient (Wildman–Crippen LogP) is 3.18. The summed E-state index contributed by atoms with van der Waals surface area (Å²) in [5.41, 5.74) is 0.334. The first-order chi connectivity index (χ1) is 14.2. The number of anilines is 1. The van der Waals surface area contributed by atoms with Crippen LogP contribution >= 0.6 is 11.5 Å². The average molecular weight is 423 g/mol. The summed E-state index contributed by atoms with van der Waals surface area (Å²) in [5, 5.41) is 4.59. The van der Waals surface area contributed by atoms with Gasteiger partial charge in [-0.15, -0.1) is 0 Å². The third-order valence-corrected chi connectivity index (χ3v) is 6.98. The fraction of sp³-hybridized carbons (Fsp3) is 0.857. The molecule has 0 atom stereocenters. The van der Waals surface area contributed by atoms with Crippen LogP contribution in [0.5, 0.6) is 0 Å². The second kappa shape index (κ2) is 11.1. The molecule has 1 aromatic rings. The van der Waals surface area contributed by atoms with Gasteiger partial charge >= 0.3 is 0 Å². The third kappa shape index (κ3) is 6.04. The summed E-state index contributed by atoms with van der Waals surface area (Å²) >= 11 is 1.53. The molecular formula is C21H38N6OS. The largest absolute Gasteiger partial charge is 0.382 e. The second-order valence-corrected chi connectivity index (χ2v) is 8.88. The van der Waals surface area contributed by atoms with Gasteiger partial charge in [-0.1, -0.05) is 19.8 Å². The van der Waals surface area contributed by atoms with Crippen molar-refractivity contribution in [2.75, 3.05) is 57.4 Å². The van der Waals surface area contributed by atoms with Gasteiger partial charge in [0.15, 0.2) is 5.96 Å². The first-order valence-corrected chi connectivity index (χ1v) is 12.2. The SMILES string of the molecule is CCNC(=NCC1(CCOCC)CCCC1)N1CCN(c2nc(CC)ns2)CC1. The second-order valence-electron chi connectivity index (χ2n) is 8.15. The Morgan fingerprint density at radius 3 is 2.55 bits per heavy atom. The molecule has 2 heterocycles. The van der Waals surface area contributed by atoms with E-state index in [0.29, 0.717) is 5.41 Å². The minimum atomic E-state index is 0.334. The summed E-state index contributed by atoms with van der Waals surface area (Å²) in [6, 6.07) is 0. The van der Waals surface area contributed by atoms with Gasteiger partial charge in [-0.05, 0) is 38.5 Å². The van der Waals surface area contributed by atoms with Crippen LogP contribution in [0.1, 0.15) is 58.7 Å². The quantitative estimate of drug-likeness (QED) is 0.375. The van der Waals surface area contributed by atoms with Gasteiger partial charge in [0, 0.05) is 70.4 Å². The zero-order chi connectivity index (χ0) is 20.5. The number of aromatic nitrogens is 2. The Labute approximate surface area is 180 Å². The number of hydrogen-bond donors (Lipinski definition) is 1. The lowest BCUT2D eigenvalue weighted by molar-refractivity contribution is 0.107. The average Bonchev–Trinajstić information content (AvgIpc) is 3.42. The lowest BCUT2D eigenvalue weighted by atomic mass is 9.83. The van der Waals surface area contributed by atoms with E-state index in [1.54, 1.807) is 0 Å². The number of ether oxygens (including phenoxy) is 1. The number of nitrogens with zero attached hydrogens (tertiary/aromatic N) is 5. The van der Waals surface area contributed by atoms with E-state index in [2.05, 4.69) is 45.2 Å². The van der Waals surface area contributed by atoms with Crippen molar-refractivity contribution in [3.63, 3.8) is 0 Å². The van der Waals surface area contributed by atoms with Crippen LogP contribution in [0.4, 0.5) is 5.13 Å². The number of guanidine groups is 1. The smallest absolute Gasteiger partial charge is 0.205 e. The molecule has 8 heteroatoms. The monoisotopic (exact) mass is 422 g/mol. The molecule has 1 aromatic heterocycles. The third-order valence-electron chi connectivity index (χ3n) is 6.17. The maximum atomic E-state index is 5.66. The van der Waals surface area contributed by atoms with E-state index in [-0.39, 0.29) is 0 Å². The molecule has 29 heavy (non-hydrogen) atoms. The van der Waals surface area contributed by atoms with Gasteiger partial charge in [-0.2, -0.15) is 4.37 Å². The Balaban J connectivity index is 1.58. The van der Waals surface area contributed by atoms with Crippen molar-refractivity contribution < 1.29 is 4.74 Å². The number of rotatable bonds is 9. The van der Waals surface area contributed by atoms with Crippen LogP contribution in [0.15, 0.2) is 4.99 Å². The van der Waals surface area contributed by atoms with E-state index in [9.17, 15) is 0 Å². The highest BCUT2D eigenvalue weighted by molar-refractivity contribution is 7.09. The summed E-state index contributed by atoms with van der Waals surface area (Å²) in [7, 11) is 0. The summed E-state index contributed by atoms with van der Waals surface area (Å²) in [5.74, 6) is 2.03. The van der Waals surface area contributed by atoms with Gasteiger partial charge in [0.2, 0.25) is 5.13 Å². The van der Waals surface area contributed by atoms with E-state index in [1.807, 2.05) is 0 Å². The molecule has 0 unspecified atom stereocenters. The van der Waals surface area contributed by atoms with Crippen molar-refractivity contribution in [1.82, 2.24) is 19.6 Å². The highest BCUT2D eigenvalue weighted by atomic mass is 32.1. The fourth-order valence-corrected chi connectivity index (χ4v) is 5.14. The topological polar surface area (TPSA) is 65.9 Å². The van der Waals surface area contributed by atoms with Gasteiger partial charge in [-0.3, -0.25) is 4.99 Å². The molecule has 2 fully saturated rings. The summed E-state index contributed by atoms with van der Waals surface area (Å²) < 4.78 is 10.1. The number of hydrogen-bond acceptors (Lipinski definition) is 6. The highest BCUT2D eigenvalue weighted by Gasteiger charge is 2.34. The van der Waals surface area contributed by atoms with Gasteiger partial charge in [0.25, 0.3) is 0 Å². The number of nitrogens with one attached hydrogen (secondary N) is 1. The minimum absolute atomic E-state index is 0.334. The molecule has 0 amide bonds. The molecule has 0 radical (unpaired) electrons. The molecule has 7 nitrogen and oxygen atoms in total. The molecule has 1 saturated carbocycles. The maximum Gasteiger partial charge on any atom is 0.205 e. The Morgan fingerprint density at radius 2 is 1.93 bits per heavy atom. The van der Waals surface area contributed by atoms with Crippen LogP contribution in [0, 0.1) is 5.41 Å². The van der Waals surface area contributed by atoms with Crippen LogP contribution in [0.3, 0.4) is 0 Å². The van der Waals surface area contributed by atoms with Crippen molar-refractivity contribution in [2.24, 2.45) is 10.4 Å². The zero-order valence-corrected chi connectivity index (χ0v) is 19.3. The van der Waals surface area contributed by atoms with Crippen molar-refractivity contribution in [2.45, 2.75) is 59.3 Å². The molecule has 2 aliphatic rings. The van der Waals surface area contributed by atoms with Gasteiger partial charge in [0.1, 0.15) is 5.82 Å². The highest BCUT2D eigenvalue weighted by Crippen LogP contribution is 2.41. The summed E-state index contributed by atoms with van der Waals surface area (Å²) in [4.78, 5) is 14.5. The van der Waals surface area contributed by atoms with Gasteiger partial charge in [-0.25, -0.2) is 4.98 Å². The maximum absolute atomic E-state index is 5.66. The molecule has 1 N–H and O–H groups in total. The molecule has 0 aromatic carbocycles. The Kier molecular flexibility index (Phi) is 8.53. The molecular weight excluding hydrogens is 384 g/mol. The molecule has 3 rings (SSSR count). The molecule has 0 spiro atoms. The van der Waals surface area contributed by atoms with E-state index in [1.165, 1.54) is 37.2 Å². The van der Waals surface area contributed by atoms with Crippen LogP contribution in [-0.4, -0.2) is 72.7 Å². The van der Waals surface area contributed by atoms with E-state index < -0.39 is 0 Å². The zero-order valence-electron chi connectivity index (χ0n) is 18.5. The van der Waals surface area contributed by atoms with E-state index in [4.69, 9.17) is 9.73 Å². The van der Waals surface area contributed by atoms with Crippen LogP contribution in [0.2, 0.25) is 0 Å². The first-order valence-electron chi connectivity index (χ1n) is 11.4. The van der Waals surface area contributed by atoms with Gasteiger partial charge in [0.05, 0.1) is 0 Å². The minimum Gasteiger partial charge on any atom is -0.382 e. The Hall–Kier alpha value is -1.41. The van der Waals surface area contributed by atoms with E-state index in [0.717, 1.165) is 82.2 Å². The number of aliphatic imine (C=N–C) groups is 1. The van der Waals surface area contributed by atoms with Crippen LogP contribution in [0.25, 0.3) is 0 Å². The summed E-state index contributed by atoms with van der Waals surface area (Å²) in [6.07, 6.45) is 7.27. The predicted molar refractivity (Wildman–Crippen MR) is 121 cm³/mol. The first kappa shape index (κ1) is 22.3. The van der Waals surface area contributed by atoms with Crippen molar-refractivity contribution >= 4 is 22.6 Å². The molecule has 1 aliphatic carbocycles. The molecule has 1 aliphatic heterocycles. The Morgan fingerprint density at radius 1 is 1.17 bits per heavy atom. The fourth-order valence-electron chi connectivity index (χ4n) is 4.34. The van der Waals surface area contributed by atoms with Crippen molar-refractivity contribution in [3.05, 3.63) is 5.82 Å². The van der Waals surface area contributed by atoms with Crippen molar-refractivity contribution in [1.29, 1.82) is 0 Å². The molecule has 0 bridgehead atoms. The number of aryl methyl sites for hydroxylation is 1. The van der Waals surface area contributed by atoms with Crippen LogP contribution in [-0.2, 0) is 11.2 Å². The number of piperazine rings is 1. The molecule has 164 valence electrons.